The Morgan fingerprint density at radius 1 is 1.17 bits per heavy atom. The van der Waals surface area contributed by atoms with Gasteiger partial charge >= 0.3 is 0 Å². The molecule has 2 rings (SSSR count). The first-order valence-corrected chi connectivity index (χ1v) is 8.45. The molecule has 1 atom stereocenters. The minimum Gasteiger partial charge on any atom is -0.329 e. The van der Waals surface area contributed by atoms with Crippen molar-refractivity contribution in [1.29, 1.82) is 0 Å². The van der Waals surface area contributed by atoms with Crippen molar-refractivity contribution in [3.05, 3.63) is 68.2 Å². The van der Waals surface area contributed by atoms with E-state index in [4.69, 9.17) is 23.1 Å². The van der Waals surface area contributed by atoms with Gasteiger partial charge in [0.2, 0.25) is 5.78 Å². The first-order chi connectivity index (χ1) is 11.4. The van der Waals surface area contributed by atoms with Gasteiger partial charge in [0.05, 0.1) is 10.6 Å². The molecule has 0 saturated carbocycles. The average Bonchev–Trinajstić information content (AvgIpc) is 2.55. The third kappa shape index (κ3) is 4.00. The van der Waals surface area contributed by atoms with E-state index >= 15 is 0 Å². The first-order valence-electron chi connectivity index (χ1n) is 7.28. The van der Waals surface area contributed by atoms with E-state index in [9.17, 15) is 13.6 Å². The van der Waals surface area contributed by atoms with Gasteiger partial charge in [-0.2, -0.15) is 0 Å². The number of carbonyl (C=O) groups excluding carboxylic acids is 1. The fourth-order valence-corrected chi connectivity index (χ4v) is 2.94. The van der Waals surface area contributed by atoms with Crippen molar-refractivity contribution in [3.63, 3.8) is 0 Å². The molecule has 4 N–H and O–H groups in total. The lowest BCUT2D eigenvalue weighted by Crippen LogP contribution is -2.30. The molecule has 0 aliphatic rings. The van der Waals surface area contributed by atoms with Crippen molar-refractivity contribution in [3.8, 4) is 0 Å². The van der Waals surface area contributed by atoms with E-state index in [2.05, 4.69) is 15.9 Å². The van der Waals surface area contributed by atoms with Crippen molar-refractivity contribution in [1.82, 2.24) is 0 Å². The number of aryl methyl sites for hydroxylation is 1. The van der Waals surface area contributed by atoms with Gasteiger partial charge in [0.15, 0.2) is 0 Å². The second-order valence-electron chi connectivity index (χ2n) is 5.36. The summed E-state index contributed by atoms with van der Waals surface area (Å²) >= 11 is 9.46. The highest BCUT2D eigenvalue weighted by Gasteiger charge is 2.24. The number of benzene rings is 2. The summed E-state index contributed by atoms with van der Waals surface area (Å²) in [6, 6.07) is 6.40. The first kappa shape index (κ1) is 19.0. The van der Waals surface area contributed by atoms with Crippen molar-refractivity contribution in [2.24, 2.45) is 11.5 Å². The van der Waals surface area contributed by atoms with Gasteiger partial charge in [0, 0.05) is 22.6 Å². The van der Waals surface area contributed by atoms with E-state index in [1.54, 1.807) is 12.1 Å². The number of halogens is 4. The summed E-state index contributed by atoms with van der Waals surface area (Å²) in [6.07, 6.45) is 0.941. The molecule has 0 saturated heterocycles. The van der Waals surface area contributed by atoms with Gasteiger partial charge in [0.1, 0.15) is 11.6 Å². The van der Waals surface area contributed by atoms with Gasteiger partial charge in [-0.15, -0.1) is 0 Å². The monoisotopic (exact) mass is 416 g/mol. The minimum absolute atomic E-state index is 0.0688. The Bertz CT molecular complexity index is 750. The van der Waals surface area contributed by atoms with Crippen LogP contribution in [-0.2, 0) is 6.42 Å². The quantitative estimate of drug-likeness (QED) is 0.702. The Labute approximate surface area is 152 Å². The van der Waals surface area contributed by atoms with Gasteiger partial charge in [0.25, 0.3) is 0 Å². The predicted molar refractivity (Wildman–Crippen MR) is 94.3 cm³/mol. The van der Waals surface area contributed by atoms with E-state index < -0.39 is 23.0 Å². The molecular formula is C17H16BrClF2N2O. The highest BCUT2D eigenvalue weighted by Crippen LogP contribution is 2.32. The van der Waals surface area contributed by atoms with Crippen molar-refractivity contribution >= 4 is 33.3 Å². The molecule has 0 aliphatic heterocycles. The molecule has 1 unspecified atom stereocenters. The Morgan fingerprint density at radius 2 is 1.79 bits per heavy atom. The van der Waals surface area contributed by atoms with Crippen LogP contribution in [0.2, 0.25) is 5.02 Å². The van der Waals surface area contributed by atoms with Crippen molar-refractivity contribution < 1.29 is 13.6 Å². The number of hydrogen-bond donors (Lipinski definition) is 2. The average molecular weight is 418 g/mol. The van der Waals surface area contributed by atoms with Crippen LogP contribution in [0.3, 0.4) is 0 Å². The van der Waals surface area contributed by atoms with Crippen LogP contribution < -0.4 is 11.5 Å². The Kier molecular flexibility index (Phi) is 6.46. The van der Waals surface area contributed by atoms with E-state index in [1.165, 1.54) is 6.07 Å². The molecule has 0 heterocycles. The summed E-state index contributed by atoms with van der Waals surface area (Å²) in [5.41, 5.74) is 11.3. The molecule has 0 radical (unpaired) electrons. The van der Waals surface area contributed by atoms with E-state index in [0.717, 1.165) is 12.1 Å². The fraction of sp³-hybridized carbons (Fsp3) is 0.235. The molecule has 128 valence electrons. The van der Waals surface area contributed by atoms with E-state index in [1.807, 2.05) is 0 Å². The van der Waals surface area contributed by atoms with Gasteiger partial charge in [-0.1, -0.05) is 23.7 Å². The predicted octanol–water partition coefficient (Wildman–Crippen LogP) is 3.83. The molecule has 7 heteroatoms. The third-order valence-electron chi connectivity index (χ3n) is 3.69. The van der Waals surface area contributed by atoms with Crippen LogP contribution in [0.4, 0.5) is 8.78 Å². The van der Waals surface area contributed by atoms with Crippen LogP contribution in [0, 0.1) is 11.6 Å². The molecule has 0 fully saturated rings. The summed E-state index contributed by atoms with van der Waals surface area (Å²) in [6.45, 7) is 0.301. The summed E-state index contributed by atoms with van der Waals surface area (Å²) in [5.74, 6) is -2.66. The molecule has 0 aliphatic carbocycles. The van der Waals surface area contributed by atoms with Crippen LogP contribution in [0.25, 0.3) is 0 Å². The SMILES string of the molecule is NCC(N)CCc1ccc(Br)c(Cl)c1C(=O)c1c(F)cccc1F. The number of rotatable bonds is 6. The zero-order chi connectivity index (χ0) is 17.9. The Morgan fingerprint density at radius 3 is 2.38 bits per heavy atom. The maximum absolute atomic E-state index is 14.0. The summed E-state index contributed by atoms with van der Waals surface area (Å²) in [5, 5.41) is 0.112. The second-order valence-corrected chi connectivity index (χ2v) is 6.59. The lowest BCUT2D eigenvalue weighted by atomic mass is 9.94. The number of ketones is 1. The smallest absolute Gasteiger partial charge is 0.200 e. The molecule has 3 nitrogen and oxygen atoms in total. The normalized spacial score (nSPS) is 12.2. The highest BCUT2D eigenvalue weighted by molar-refractivity contribution is 9.10. The van der Waals surface area contributed by atoms with Crippen LogP contribution in [-0.4, -0.2) is 18.4 Å². The zero-order valence-corrected chi connectivity index (χ0v) is 15.0. The number of carbonyl (C=O) groups is 1. The maximum Gasteiger partial charge on any atom is 0.200 e. The Hall–Kier alpha value is -1.34. The van der Waals surface area contributed by atoms with Crippen molar-refractivity contribution in [2.45, 2.75) is 18.9 Å². The largest absolute Gasteiger partial charge is 0.329 e. The minimum atomic E-state index is -0.930. The second kappa shape index (κ2) is 8.16. The van der Waals surface area contributed by atoms with Crippen molar-refractivity contribution in [2.75, 3.05) is 6.54 Å². The van der Waals surface area contributed by atoms with E-state index in [-0.39, 0.29) is 16.6 Å². The van der Waals surface area contributed by atoms with Crippen LogP contribution in [0.1, 0.15) is 27.9 Å². The molecule has 0 bridgehead atoms. The fourth-order valence-electron chi connectivity index (χ4n) is 2.34. The lowest BCUT2D eigenvalue weighted by Gasteiger charge is -2.15. The lowest BCUT2D eigenvalue weighted by molar-refractivity contribution is 0.103. The highest BCUT2D eigenvalue weighted by atomic mass is 79.9. The molecule has 0 aromatic heterocycles. The topological polar surface area (TPSA) is 69.1 Å². The molecule has 2 aromatic carbocycles. The summed E-state index contributed by atoms with van der Waals surface area (Å²) in [7, 11) is 0. The van der Waals surface area contributed by atoms with Gasteiger partial charge in [-0.25, -0.2) is 8.78 Å². The maximum atomic E-state index is 14.0. The number of nitrogens with two attached hydrogens (primary N) is 2. The van der Waals surface area contributed by atoms with Crippen LogP contribution in [0.15, 0.2) is 34.8 Å². The zero-order valence-electron chi connectivity index (χ0n) is 12.7. The van der Waals surface area contributed by atoms with E-state index in [0.29, 0.717) is 29.4 Å². The third-order valence-corrected chi connectivity index (χ3v) is 4.97. The molecular weight excluding hydrogens is 402 g/mol. The van der Waals surface area contributed by atoms with Gasteiger partial charge in [-0.05, 0) is 52.5 Å². The molecule has 2 aromatic rings. The molecule has 0 amide bonds. The number of hydrogen-bond acceptors (Lipinski definition) is 3. The summed E-state index contributed by atoms with van der Waals surface area (Å²) < 4.78 is 28.4. The van der Waals surface area contributed by atoms with Crippen LogP contribution in [0.5, 0.6) is 0 Å². The molecule has 0 spiro atoms. The van der Waals surface area contributed by atoms with Gasteiger partial charge in [-0.3, -0.25) is 4.79 Å². The van der Waals surface area contributed by atoms with Gasteiger partial charge < -0.3 is 11.5 Å². The molecule has 24 heavy (non-hydrogen) atoms. The summed E-state index contributed by atoms with van der Waals surface area (Å²) in [4.78, 5) is 12.8. The standard InChI is InChI=1S/C17H16BrClF2N2O/c18-11-7-5-9(4-6-10(23)8-22)14(16(11)19)17(24)15-12(20)2-1-3-13(15)21/h1-3,5,7,10H,4,6,8,22-23H2. The Balaban J connectivity index is 2.51. The van der Waals surface area contributed by atoms with Crippen LogP contribution >= 0.6 is 27.5 Å².